The van der Waals surface area contributed by atoms with Gasteiger partial charge in [0.25, 0.3) is 0 Å². The van der Waals surface area contributed by atoms with Crippen molar-refractivity contribution in [2.45, 2.75) is 32.2 Å². The average Bonchev–Trinajstić information content (AvgIpc) is 2.61. The lowest BCUT2D eigenvalue weighted by Gasteiger charge is -2.22. The Morgan fingerprint density at radius 1 is 1.56 bits per heavy atom. The summed E-state index contributed by atoms with van der Waals surface area (Å²) in [5.74, 6) is 0.0808. The molecule has 0 saturated heterocycles. The van der Waals surface area contributed by atoms with E-state index in [9.17, 15) is 9.59 Å². The van der Waals surface area contributed by atoms with Crippen molar-refractivity contribution in [3.05, 3.63) is 21.4 Å². The third-order valence-corrected chi connectivity index (χ3v) is 4.09. The van der Waals surface area contributed by atoms with E-state index >= 15 is 0 Å². The van der Waals surface area contributed by atoms with Crippen molar-refractivity contribution < 1.29 is 9.59 Å². The van der Waals surface area contributed by atoms with Crippen LogP contribution in [0.15, 0.2) is 6.07 Å². The van der Waals surface area contributed by atoms with Crippen LogP contribution in [0.25, 0.3) is 0 Å². The second kappa shape index (κ2) is 4.25. The number of nitrogens with one attached hydrogen (secondary N) is 1. The van der Waals surface area contributed by atoms with E-state index in [2.05, 4.69) is 5.32 Å². The van der Waals surface area contributed by atoms with Gasteiger partial charge in [-0.15, -0.1) is 11.3 Å². The number of aryl methyl sites for hydroxylation is 1. The molecular formula is C11H14N2O2S. The number of urea groups is 1. The van der Waals surface area contributed by atoms with Crippen LogP contribution in [0.3, 0.4) is 0 Å². The van der Waals surface area contributed by atoms with E-state index in [1.807, 2.05) is 6.07 Å². The minimum atomic E-state index is -0.506. The number of ketones is 1. The molecule has 0 radical (unpaired) electrons. The van der Waals surface area contributed by atoms with Gasteiger partial charge in [-0.3, -0.25) is 4.79 Å². The third-order valence-electron chi connectivity index (χ3n) is 2.78. The number of rotatable bonds is 2. The lowest BCUT2D eigenvalue weighted by atomic mass is 9.93. The molecule has 1 aromatic heterocycles. The van der Waals surface area contributed by atoms with Crippen molar-refractivity contribution in [2.75, 3.05) is 0 Å². The summed E-state index contributed by atoms with van der Waals surface area (Å²) in [7, 11) is 0. The summed E-state index contributed by atoms with van der Waals surface area (Å²) in [4.78, 5) is 24.1. The summed E-state index contributed by atoms with van der Waals surface area (Å²) in [6.07, 6.45) is 2.91. The average molecular weight is 238 g/mol. The van der Waals surface area contributed by atoms with Gasteiger partial charge in [-0.05, 0) is 37.8 Å². The Bertz CT molecular complexity index is 439. The zero-order chi connectivity index (χ0) is 11.7. The Labute approximate surface area is 97.8 Å². The van der Waals surface area contributed by atoms with Gasteiger partial charge in [0.15, 0.2) is 5.78 Å². The number of carbonyl (C=O) groups excluding carboxylic acids is 2. The minimum absolute atomic E-state index is 0.0226. The number of fused-ring (bicyclic) bond motifs is 1. The second-order valence-corrected chi connectivity index (χ2v) is 5.14. The van der Waals surface area contributed by atoms with E-state index in [0.717, 1.165) is 29.7 Å². The fraction of sp³-hybridized carbons (Fsp3) is 0.455. The van der Waals surface area contributed by atoms with Gasteiger partial charge in [0.05, 0.1) is 10.9 Å². The smallest absolute Gasteiger partial charge is 0.312 e. The highest BCUT2D eigenvalue weighted by Crippen LogP contribution is 2.35. The van der Waals surface area contributed by atoms with Gasteiger partial charge in [-0.2, -0.15) is 0 Å². The van der Waals surface area contributed by atoms with Crippen LogP contribution in [0, 0.1) is 0 Å². The van der Waals surface area contributed by atoms with Gasteiger partial charge < -0.3 is 11.1 Å². The van der Waals surface area contributed by atoms with E-state index in [-0.39, 0.29) is 11.8 Å². The molecule has 0 saturated carbocycles. The van der Waals surface area contributed by atoms with Gasteiger partial charge in [0.2, 0.25) is 0 Å². The van der Waals surface area contributed by atoms with E-state index in [4.69, 9.17) is 5.73 Å². The SMILES string of the molecule is CC(=O)c1cc2c(s1)CCCC2NC(N)=O. The molecular weight excluding hydrogens is 224 g/mol. The largest absolute Gasteiger partial charge is 0.352 e. The topological polar surface area (TPSA) is 72.2 Å². The first-order chi connectivity index (χ1) is 7.58. The van der Waals surface area contributed by atoms with Gasteiger partial charge in [0.1, 0.15) is 0 Å². The number of hydrogen-bond donors (Lipinski definition) is 2. The molecule has 1 atom stereocenters. The third kappa shape index (κ3) is 2.09. The molecule has 2 amide bonds. The number of hydrogen-bond acceptors (Lipinski definition) is 3. The highest BCUT2D eigenvalue weighted by atomic mass is 32.1. The van der Waals surface area contributed by atoms with Gasteiger partial charge in [0, 0.05) is 4.88 Å². The summed E-state index contributed by atoms with van der Waals surface area (Å²) >= 11 is 1.53. The van der Waals surface area contributed by atoms with Gasteiger partial charge in [-0.25, -0.2) is 4.79 Å². The van der Waals surface area contributed by atoms with E-state index < -0.39 is 6.03 Å². The number of Topliss-reactive ketones (excluding diaryl/α,β-unsaturated/α-hetero) is 1. The molecule has 1 unspecified atom stereocenters. The standard InChI is InChI=1S/C11H14N2O2S/c1-6(14)10-5-7-8(13-11(12)15)3-2-4-9(7)16-10/h5,8H,2-4H2,1H3,(H3,12,13,15). The first-order valence-electron chi connectivity index (χ1n) is 5.27. The Kier molecular flexibility index (Phi) is 2.96. The maximum atomic E-state index is 11.3. The van der Waals surface area contributed by atoms with Crippen molar-refractivity contribution in [1.82, 2.24) is 5.32 Å². The van der Waals surface area contributed by atoms with Crippen LogP contribution in [-0.4, -0.2) is 11.8 Å². The monoisotopic (exact) mass is 238 g/mol. The molecule has 2 rings (SSSR count). The van der Waals surface area contributed by atoms with Crippen LogP contribution in [-0.2, 0) is 6.42 Å². The van der Waals surface area contributed by atoms with Crippen molar-refractivity contribution >= 4 is 23.2 Å². The Morgan fingerprint density at radius 3 is 2.94 bits per heavy atom. The van der Waals surface area contributed by atoms with Crippen molar-refractivity contribution in [1.29, 1.82) is 0 Å². The molecule has 16 heavy (non-hydrogen) atoms. The second-order valence-electron chi connectivity index (χ2n) is 4.00. The summed E-state index contributed by atoms with van der Waals surface area (Å²) in [6, 6.07) is 1.36. The van der Waals surface area contributed by atoms with Crippen LogP contribution in [0.2, 0.25) is 0 Å². The summed E-state index contributed by atoms with van der Waals surface area (Å²) in [5.41, 5.74) is 6.20. The van der Waals surface area contributed by atoms with Crippen molar-refractivity contribution in [3.63, 3.8) is 0 Å². The predicted octanol–water partition coefficient (Wildman–Crippen LogP) is 2.00. The molecule has 1 aromatic rings. The van der Waals surface area contributed by atoms with Crippen LogP contribution in [0.1, 0.15) is 45.9 Å². The zero-order valence-corrected chi connectivity index (χ0v) is 9.89. The van der Waals surface area contributed by atoms with Crippen molar-refractivity contribution in [3.8, 4) is 0 Å². The lowest BCUT2D eigenvalue weighted by molar-refractivity contribution is 0.102. The highest BCUT2D eigenvalue weighted by Gasteiger charge is 2.24. The van der Waals surface area contributed by atoms with Crippen molar-refractivity contribution in [2.24, 2.45) is 5.73 Å². The quantitative estimate of drug-likeness (QED) is 0.773. The Balaban J connectivity index is 2.30. The van der Waals surface area contributed by atoms with Crippen LogP contribution in [0.5, 0.6) is 0 Å². The molecule has 86 valence electrons. The summed E-state index contributed by atoms with van der Waals surface area (Å²) in [5, 5.41) is 2.72. The molecule has 0 bridgehead atoms. The van der Waals surface area contributed by atoms with Crippen LogP contribution in [0.4, 0.5) is 4.79 Å². The number of amides is 2. The predicted molar refractivity (Wildman–Crippen MR) is 62.7 cm³/mol. The maximum Gasteiger partial charge on any atom is 0.312 e. The van der Waals surface area contributed by atoms with E-state index in [1.165, 1.54) is 16.2 Å². The number of thiophene rings is 1. The Hall–Kier alpha value is -1.36. The summed E-state index contributed by atoms with van der Waals surface area (Å²) in [6.45, 7) is 1.56. The first kappa shape index (κ1) is 11.1. The molecule has 1 heterocycles. The molecule has 1 aliphatic carbocycles. The fourth-order valence-corrected chi connectivity index (χ4v) is 3.21. The molecule has 4 nitrogen and oxygen atoms in total. The minimum Gasteiger partial charge on any atom is -0.352 e. The number of primary amides is 1. The number of nitrogens with two attached hydrogens (primary N) is 1. The lowest BCUT2D eigenvalue weighted by Crippen LogP contribution is -2.34. The number of carbonyl (C=O) groups is 2. The first-order valence-corrected chi connectivity index (χ1v) is 6.09. The van der Waals surface area contributed by atoms with E-state index in [1.54, 1.807) is 6.92 Å². The molecule has 0 spiro atoms. The maximum absolute atomic E-state index is 11.3. The molecule has 0 aromatic carbocycles. The summed E-state index contributed by atoms with van der Waals surface area (Å²) < 4.78 is 0. The van der Waals surface area contributed by atoms with Gasteiger partial charge in [-0.1, -0.05) is 0 Å². The molecule has 1 aliphatic rings. The molecule has 3 N–H and O–H groups in total. The van der Waals surface area contributed by atoms with Crippen LogP contribution >= 0.6 is 11.3 Å². The van der Waals surface area contributed by atoms with Crippen LogP contribution < -0.4 is 11.1 Å². The zero-order valence-electron chi connectivity index (χ0n) is 9.08. The van der Waals surface area contributed by atoms with Gasteiger partial charge >= 0.3 is 6.03 Å². The molecule has 5 heteroatoms. The fourth-order valence-electron chi connectivity index (χ4n) is 2.05. The molecule has 0 fully saturated rings. The highest BCUT2D eigenvalue weighted by molar-refractivity contribution is 7.14. The molecule has 0 aliphatic heterocycles. The Morgan fingerprint density at radius 2 is 2.31 bits per heavy atom. The van der Waals surface area contributed by atoms with E-state index in [0.29, 0.717) is 0 Å². The normalized spacial score (nSPS) is 18.9.